The van der Waals surface area contributed by atoms with E-state index in [9.17, 15) is 0 Å². The summed E-state index contributed by atoms with van der Waals surface area (Å²) in [5.74, 6) is 0.760. The van der Waals surface area contributed by atoms with Crippen LogP contribution in [0.5, 0.6) is 0 Å². The Labute approximate surface area is 152 Å². The van der Waals surface area contributed by atoms with Gasteiger partial charge < -0.3 is 9.80 Å². The fraction of sp³-hybridized carbons (Fsp3) is 0.391. The van der Waals surface area contributed by atoms with Crippen LogP contribution in [0.3, 0.4) is 0 Å². The normalized spacial score (nSPS) is 13.7. The van der Waals surface area contributed by atoms with Crippen molar-refractivity contribution in [3.63, 3.8) is 0 Å². The summed E-state index contributed by atoms with van der Waals surface area (Å²) in [7, 11) is 4.15. The standard InChI is InChI=1S/C23H30N2/c1-18(2)11-14-25-15-12-20-5-6-21(17-22(20)13-16-25)19-7-9-23(10-8-19)24(3)4/h5-10,13,16-18H,11-12,14-15H2,1-4H3. The van der Waals surface area contributed by atoms with Crippen LogP contribution in [0.25, 0.3) is 17.2 Å². The maximum absolute atomic E-state index is 2.46. The zero-order chi connectivity index (χ0) is 17.8. The largest absolute Gasteiger partial charge is 0.378 e. The second-order valence-corrected chi connectivity index (χ2v) is 7.64. The summed E-state index contributed by atoms with van der Waals surface area (Å²) < 4.78 is 0. The first-order chi connectivity index (χ1) is 12.0. The van der Waals surface area contributed by atoms with E-state index in [-0.39, 0.29) is 0 Å². The van der Waals surface area contributed by atoms with E-state index >= 15 is 0 Å². The summed E-state index contributed by atoms with van der Waals surface area (Å²) in [4.78, 5) is 4.60. The molecule has 2 nitrogen and oxygen atoms in total. The summed E-state index contributed by atoms with van der Waals surface area (Å²) in [5, 5.41) is 0. The highest BCUT2D eigenvalue weighted by atomic mass is 15.1. The van der Waals surface area contributed by atoms with E-state index in [1.807, 2.05) is 0 Å². The van der Waals surface area contributed by atoms with Gasteiger partial charge in [-0.15, -0.1) is 0 Å². The summed E-state index contributed by atoms with van der Waals surface area (Å²) in [6.45, 7) is 6.86. The van der Waals surface area contributed by atoms with Crippen LogP contribution in [0.4, 0.5) is 5.69 Å². The van der Waals surface area contributed by atoms with E-state index in [0.717, 1.165) is 25.4 Å². The van der Waals surface area contributed by atoms with Crippen LogP contribution in [-0.4, -0.2) is 32.1 Å². The van der Waals surface area contributed by atoms with Crippen LogP contribution in [0.15, 0.2) is 48.7 Å². The lowest BCUT2D eigenvalue weighted by Crippen LogP contribution is -2.21. The number of benzene rings is 2. The molecule has 0 unspecified atom stereocenters. The van der Waals surface area contributed by atoms with Gasteiger partial charge in [-0.05, 0) is 71.5 Å². The fourth-order valence-electron chi connectivity index (χ4n) is 3.24. The molecule has 2 heteroatoms. The number of hydrogen-bond acceptors (Lipinski definition) is 2. The first-order valence-electron chi connectivity index (χ1n) is 9.36. The van der Waals surface area contributed by atoms with Crippen LogP contribution in [0.2, 0.25) is 0 Å². The third-order valence-electron chi connectivity index (χ3n) is 4.99. The molecule has 0 aliphatic carbocycles. The predicted octanol–water partition coefficient (Wildman–Crippen LogP) is 5.29. The Kier molecular flexibility index (Phi) is 5.47. The van der Waals surface area contributed by atoms with Crippen molar-refractivity contribution in [1.82, 2.24) is 4.90 Å². The molecule has 3 rings (SSSR count). The van der Waals surface area contributed by atoms with Gasteiger partial charge in [-0.3, -0.25) is 0 Å². The molecule has 132 valence electrons. The maximum atomic E-state index is 2.46. The molecule has 0 bridgehead atoms. The van der Waals surface area contributed by atoms with Crippen molar-refractivity contribution < 1.29 is 0 Å². The van der Waals surface area contributed by atoms with Gasteiger partial charge in [0.05, 0.1) is 0 Å². The highest BCUT2D eigenvalue weighted by Gasteiger charge is 2.10. The number of anilines is 1. The molecule has 0 N–H and O–H groups in total. The first-order valence-corrected chi connectivity index (χ1v) is 9.36. The summed E-state index contributed by atoms with van der Waals surface area (Å²) >= 11 is 0. The van der Waals surface area contributed by atoms with Gasteiger partial charge in [0, 0.05) is 32.9 Å². The van der Waals surface area contributed by atoms with Gasteiger partial charge in [0.25, 0.3) is 0 Å². The van der Waals surface area contributed by atoms with Crippen molar-refractivity contribution in [1.29, 1.82) is 0 Å². The number of nitrogens with zero attached hydrogens (tertiary/aromatic N) is 2. The minimum atomic E-state index is 0.760. The van der Waals surface area contributed by atoms with E-state index in [0.29, 0.717) is 0 Å². The van der Waals surface area contributed by atoms with E-state index < -0.39 is 0 Å². The molecule has 0 aromatic heterocycles. The second kappa shape index (κ2) is 7.77. The van der Waals surface area contributed by atoms with Crippen molar-refractivity contribution in [3.05, 3.63) is 59.8 Å². The zero-order valence-corrected chi connectivity index (χ0v) is 16.0. The highest BCUT2D eigenvalue weighted by molar-refractivity contribution is 5.70. The third-order valence-corrected chi connectivity index (χ3v) is 4.99. The quantitative estimate of drug-likeness (QED) is 0.732. The summed E-state index contributed by atoms with van der Waals surface area (Å²) in [6.07, 6.45) is 6.96. The highest BCUT2D eigenvalue weighted by Crippen LogP contribution is 2.27. The van der Waals surface area contributed by atoms with E-state index in [4.69, 9.17) is 0 Å². The fourth-order valence-corrected chi connectivity index (χ4v) is 3.24. The zero-order valence-electron chi connectivity index (χ0n) is 16.0. The van der Waals surface area contributed by atoms with Gasteiger partial charge in [0.2, 0.25) is 0 Å². The topological polar surface area (TPSA) is 6.48 Å². The Hall–Kier alpha value is -2.22. The molecular weight excluding hydrogens is 304 g/mol. The average Bonchev–Trinajstić information content (AvgIpc) is 2.81. The molecular formula is C23H30N2. The Morgan fingerprint density at radius 1 is 1.00 bits per heavy atom. The van der Waals surface area contributed by atoms with Crippen LogP contribution in [0, 0.1) is 5.92 Å². The van der Waals surface area contributed by atoms with E-state index in [2.05, 4.69) is 92.5 Å². The van der Waals surface area contributed by atoms with Crippen LogP contribution < -0.4 is 4.90 Å². The van der Waals surface area contributed by atoms with Crippen molar-refractivity contribution in [3.8, 4) is 11.1 Å². The molecule has 0 fully saturated rings. The van der Waals surface area contributed by atoms with Crippen molar-refractivity contribution in [2.45, 2.75) is 26.7 Å². The van der Waals surface area contributed by atoms with Gasteiger partial charge in [0.1, 0.15) is 0 Å². The minimum Gasteiger partial charge on any atom is -0.378 e. The number of hydrogen-bond donors (Lipinski definition) is 0. The monoisotopic (exact) mass is 334 g/mol. The minimum absolute atomic E-state index is 0.760. The van der Waals surface area contributed by atoms with Crippen LogP contribution in [-0.2, 0) is 6.42 Å². The SMILES string of the molecule is CC(C)CCN1C=Cc2cc(-c3ccc(N(C)C)cc3)ccc2CC1. The maximum Gasteiger partial charge on any atom is 0.0361 e. The summed E-state index contributed by atoms with van der Waals surface area (Å²) in [6, 6.07) is 15.7. The van der Waals surface area contributed by atoms with Gasteiger partial charge in [-0.25, -0.2) is 0 Å². The Morgan fingerprint density at radius 3 is 2.40 bits per heavy atom. The molecule has 0 radical (unpaired) electrons. The first kappa shape index (κ1) is 17.6. The molecule has 0 saturated carbocycles. The molecule has 1 aliphatic heterocycles. The van der Waals surface area contributed by atoms with Gasteiger partial charge in [-0.1, -0.05) is 38.1 Å². The lowest BCUT2D eigenvalue weighted by atomic mass is 9.97. The molecule has 1 heterocycles. The van der Waals surface area contributed by atoms with Crippen LogP contribution in [0.1, 0.15) is 31.4 Å². The smallest absolute Gasteiger partial charge is 0.0361 e. The molecule has 0 atom stereocenters. The number of rotatable bonds is 5. The van der Waals surface area contributed by atoms with Crippen molar-refractivity contribution in [2.75, 3.05) is 32.1 Å². The van der Waals surface area contributed by atoms with Crippen molar-refractivity contribution >= 4 is 11.8 Å². The molecule has 25 heavy (non-hydrogen) atoms. The Balaban J connectivity index is 1.79. The molecule has 0 amide bonds. The van der Waals surface area contributed by atoms with E-state index in [1.165, 1.54) is 34.4 Å². The predicted molar refractivity (Wildman–Crippen MR) is 110 cm³/mol. The Bertz CT molecular complexity index is 726. The molecule has 2 aromatic carbocycles. The molecule has 0 spiro atoms. The van der Waals surface area contributed by atoms with Gasteiger partial charge in [-0.2, -0.15) is 0 Å². The van der Waals surface area contributed by atoms with E-state index in [1.54, 1.807) is 0 Å². The third kappa shape index (κ3) is 4.45. The molecule has 2 aromatic rings. The Morgan fingerprint density at radius 2 is 1.72 bits per heavy atom. The van der Waals surface area contributed by atoms with Gasteiger partial charge >= 0.3 is 0 Å². The van der Waals surface area contributed by atoms with Crippen LogP contribution >= 0.6 is 0 Å². The van der Waals surface area contributed by atoms with Gasteiger partial charge in [0.15, 0.2) is 0 Å². The summed E-state index contributed by atoms with van der Waals surface area (Å²) in [5.41, 5.74) is 6.63. The van der Waals surface area contributed by atoms with Crippen molar-refractivity contribution in [2.24, 2.45) is 5.92 Å². The average molecular weight is 335 g/mol. The lowest BCUT2D eigenvalue weighted by Gasteiger charge is -2.19. The number of fused-ring (bicyclic) bond motifs is 1. The second-order valence-electron chi connectivity index (χ2n) is 7.64. The molecule has 1 aliphatic rings. The molecule has 0 saturated heterocycles. The lowest BCUT2D eigenvalue weighted by molar-refractivity contribution is 0.352.